The minimum Gasteiger partial charge on any atom is -0.369 e. The van der Waals surface area contributed by atoms with E-state index in [1.807, 2.05) is 13.8 Å². The fourth-order valence-electron chi connectivity index (χ4n) is 4.20. The van der Waals surface area contributed by atoms with Crippen molar-refractivity contribution in [2.45, 2.75) is 26.3 Å². The minimum atomic E-state index is -0.295. The summed E-state index contributed by atoms with van der Waals surface area (Å²) in [6.45, 7) is 14.0. The van der Waals surface area contributed by atoms with Crippen LogP contribution in [0.2, 0.25) is 0 Å². The van der Waals surface area contributed by atoms with E-state index in [0.717, 1.165) is 52.6 Å². The van der Waals surface area contributed by atoms with Crippen molar-refractivity contribution in [2.24, 2.45) is 4.99 Å². The van der Waals surface area contributed by atoms with Gasteiger partial charge in [0.15, 0.2) is 0 Å². The lowest BCUT2D eigenvalue weighted by Crippen LogP contribution is -2.40. The molecule has 2 aromatic rings. The van der Waals surface area contributed by atoms with Gasteiger partial charge in [0, 0.05) is 23.5 Å². The molecule has 0 saturated carbocycles. The maximum atomic E-state index is 13.6. The number of aliphatic imine (C=N–C) groups is 1. The first-order valence-corrected chi connectivity index (χ1v) is 10.0. The summed E-state index contributed by atoms with van der Waals surface area (Å²) in [6.07, 6.45) is 0.827. The van der Waals surface area contributed by atoms with Gasteiger partial charge in [0.25, 0.3) is 0 Å². The number of allylic oxidation sites excluding steroid dienone is 2. The number of halogens is 2. The van der Waals surface area contributed by atoms with Crippen LogP contribution in [0, 0.1) is 11.6 Å². The second-order valence-corrected chi connectivity index (χ2v) is 7.81. The first kappa shape index (κ1) is 20.1. The molecule has 0 unspecified atom stereocenters. The summed E-state index contributed by atoms with van der Waals surface area (Å²) in [5, 5.41) is 0. The van der Waals surface area contributed by atoms with Gasteiger partial charge in [-0.25, -0.2) is 13.8 Å². The zero-order valence-electron chi connectivity index (χ0n) is 17.3. The fraction of sp³-hybridized carbons (Fsp3) is 0.240. The van der Waals surface area contributed by atoms with Crippen LogP contribution in [0.5, 0.6) is 0 Å². The largest absolute Gasteiger partial charge is 0.369 e. The Bertz CT molecular complexity index is 1000. The van der Waals surface area contributed by atoms with E-state index in [0.29, 0.717) is 6.54 Å². The number of benzene rings is 2. The van der Waals surface area contributed by atoms with Crippen molar-refractivity contribution in [3.05, 3.63) is 107 Å². The van der Waals surface area contributed by atoms with Gasteiger partial charge in [-0.2, -0.15) is 0 Å². The van der Waals surface area contributed by atoms with Gasteiger partial charge in [-0.05, 0) is 55.7 Å². The molecule has 4 rings (SSSR count). The first-order valence-electron chi connectivity index (χ1n) is 10.0. The summed E-state index contributed by atoms with van der Waals surface area (Å²) >= 11 is 0. The van der Waals surface area contributed by atoms with Gasteiger partial charge in [-0.15, -0.1) is 0 Å². The van der Waals surface area contributed by atoms with Crippen LogP contribution in [-0.2, 0) is 0 Å². The number of nitrogens with zero attached hydrogens (tertiary/aromatic N) is 3. The lowest BCUT2D eigenvalue weighted by molar-refractivity contribution is 0.342. The third-order valence-corrected chi connectivity index (χ3v) is 5.77. The molecule has 0 amide bonds. The molecule has 0 bridgehead atoms. The maximum Gasteiger partial charge on any atom is 0.123 e. The number of amidine groups is 1. The van der Waals surface area contributed by atoms with Gasteiger partial charge >= 0.3 is 0 Å². The molecule has 0 spiro atoms. The van der Waals surface area contributed by atoms with Crippen LogP contribution in [0.15, 0.2) is 89.3 Å². The summed E-state index contributed by atoms with van der Waals surface area (Å²) in [4.78, 5) is 9.20. The molecule has 0 N–H and O–H groups in total. The molecule has 30 heavy (non-hydrogen) atoms. The van der Waals surface area contributed by atoms with Crippen LogP contribution < -0.4 is 0 Å². The van der Waals surface area contributed by atoms with Gasteiger partial charge in [-0.1, -0.05) is 37.4 Å². The molecule has 5 heteroatoms. The van der Waals surface area contributed by atoms with E-state index in [2.05, 4.69) is 23.0 Å². The van der Waals surface area contributed by atoms with E-state index >= 15 is 0 Å². The van der Waals surface area contributed by atoms with Gasteiger partial charge in [0.1, 0.15) is 17.5 Å². The van der Waals surface area contributed by atoms with Crippen LogP contribution >= 0.6 is 0 Å². The standard InChI is InChI=1S/C25H25F2N3/c1-16(2)29-14-13-23-17(3)30(18(4)28-24(23)15-29)25(19-5-9-21(26)10-6-19)20-7-11-22(27)12-8-20/h5-12,25H,1,3,13-15H2,2,4H3. The Hall–Kier alpha value is -3.21. The van der Waals surface area contributed by atoms with E-state index in [9.17, 15) is 8.78 Å². The van der Waals surface area contributed by atoms with E-state index in [1.54, 1.807) is 24.3 Å². The first-order chi connectivity index (χ1) is 14.3. The van der Waals surface area contributed by atoms with Crippen molar-refractivity contribution in [3.8, 4) is 0 Å². The molecule has 0 fully saturated rings. The Morgan fingerprint density at radius 3 is 2.03 bits per heavy atom. The quantitative estimate of drug-likeness (QED) is 0.641. The number of hydrogen-bond acceptors (Lipinski definition) is 3. The average Bonchev–Trinajstić information content (AvgIpc) is 2.72. The Morgan fingerprint density at radius 2 is 1.53 bits per heavy atom. The highest BCUT2D eigenvalue weighted by atomic mass is 19.1. The number of rotatable bonds is 4. The van der Waals surface area contributed by atoms with Gasteiger partial charge < -0.3 is 9.80 Å². The van der Waals surface area contributed by atoms with E-state index in [-0.39, 0.29) is 17.7 Å². The monoisotopic (exact) mass is 405 g/mol. The molecule has 2 aromatic carbocycles. The predicted octanol–water partition coefficient (Wildman–Crippen LogP) is 5.80. The summed E-state index contributed by atoms with van der Waals surface area (Å²) in [5.41, 5.74) is 5.84. The molecule has 3 nitrogen and oxygen atoms in total. The smallest absolute Gasteiger partial charge is 0.123 e. The number of hydrogen-bond donors (Lipinski definition) is 0. The highest BCUT2D eigenvalue weighted by Gasteiger charge is 2.33. The third kappa shape index (κ3) is 3.67. The normalized spacial score (nSPS) is 16.7. The Kier molecular flexibility index (Phi) is 5.29. The highest BCUT2D eigenvalue weighted by molar-refractivity contribution is 5.86. The van der Waals surface area contributed by atoms with Crippen molar-refractivity contribution in [2.75, 3.05) is 13.1 Å². The van der Waals surface area contributed by atoms with Crippen LogP contribution in [0.3, 0.4) is 0 Å². The minimum absolute atomic E-state index is 0.282. The van der Waals surface area contributed by atoms with Gasteiger partial charge in [-0.3, -0.25) is 0 Å². The average molecular weight is 405 g/mol. The highest BCUT2D eigenvalue weighted by Crippen LogP contribution is 2.39. The summed E-state index contributed by atoms with van der Waals surface area (Å²) < 4.78 is 27.2. The molecule has 0 aliphatic carbocycles. The Labute approximate surface area is 176 Å². The summed E-state index contributed by atoms with van der Waals surface area (Å²) in [7, 11) is 0. The summed E-state index contributed by atoms with van der Waals surface area (Å²) in [5.74, 6) is 0.217. The van der Waals surface area contributed by atoms with Crippen LogP contribution in [0.4, 0.5) is 8.78 Å². The van der Waals surface area contributed by atoms with Crippen LogP contribution in [0.1, 0.15) is 37.4 Å². The zero-order chi connectivity index (χ0) is 21.4. The molecule has 0 saturated heterocycles. The molecule has 2 heterocycles. The summed E-state index contributed by atoms with van der Waals surface area (Å²) in [6, 6.07) is 12.5. The Morgan fingerprint density at radius 1 is 1.00 bits per heavy atom. The topological polar surface area (TPSA) is 18.8 Å². The van der Waals surface area contributed by atoms with Crippen molar-refractivity contribution in [1.82, 2.24) is 9.80 Å². The fourth-order valence-corrected chi connectivity index (χ4v) is 4.20. The van der Waals surface area contributed by atoms with Gasteiger partial charge in [0.2, 0.25) is 0 Å². The van der Waals surface area contributed by atoms with Crippen molar-refractivity contribution < 1.29 is 8.78 Å². The molecular weight excluding hydrogens is 380 g/mol. The van der Waals surface area contributed by atoms with Crippen LogP contribution in [-0.4, -0.2) is 28.7 Å². The van der Waals surface area contributed by atoms with Crippen molar-refractivity contribution in [1.29, 1.82) is 0 Å². The molecule has 2 aliphatic heterocycles. The van der Waals surface area contributed by atoms with E-state index in [4.69, 9.17) is 4.99 Å². The lowest BCUT2D eigenvalue weighted by Gasteiger charge is -2.42. The maximum absolute atomic E-state index is 13.6. The molecule has 0 atom stereocenters. The van der Waals surface area contributed by atoms with Gasteiger partial charge in [0.05, 0.1) is 18.3 Å². The van der Waals surface area contributed by atoms with E-state index < -0.39 is 0 Å². The second kappa shape index (κ2) is 7.90. The predicted molar refractivity (Wildman–Crippen MR) is 117 cm³/mol. The second-order valence-electron chi connectivity index (χ2n) is 7.81. The van der Waals surface area contributed by atoms with Crippen LogP contribution in [0.25, 0.3) is 0 Å². The Balaban J connectivity index is 1.77. The molecular formula is C25H25F2N3. The van der Waals surface area contributed by atoms with Crippen molar-refractivity contribution in [3.63, 3.8) is 0 Å². The molecule has 2 aliphatic rings. The SMILES string of the molecule is C=C(C)N1CCC2=C(C1)N=C(C)N(C(c1ccc(F)cc1)c1ccc(F)cc1)C2=C. The van der Waals surface area contributed by atoms with E-state index in [1.165, 1.54) is 24.3 Å². The third-order valence-electron chi connectivity index (χ3n) is 5.77. The molecule has 0 aromatic heterocycles. The lowest BCUT2D eigenvalue weighted by atomic mass is 9.92. The van der Waals surface area contributed by atoms with Crippen molar-refractivity contribution >= 4 is 5.84 Å². The zero-order valence-corrected chi connectivity index (χ0v) is 17.3. The molecule has 154 valence electrons. The molecule has 0 radical (unpaired) electrons.